The van der Waals surface area contributed by atoms with Gasteiger partial charge in [-0.2, -0.15) is 0 Å². The second-order valence-electron chi connectivity index (χ2n) is 7.16. The molecule has 1 aromatic heterocycles. The van der Waals surface area contributed by atoms with Crippen LogP contribution in [0.2, 0.25) is 5.02 Å². The maximum atomic E-state index is 13.2. The Kier molecular flexibility index (Phi) is 5.00. The number of carbonyl (C=O) groups excluding carboxylic acids is 2. The lowest BCUT2D eigenvalue weighted by Gasteiger charge is -2.37. The maximum absolute atomic E-state index is 13.2. The number of hydrogen-bond acceptors (Lipinski definition) is 2. The Morgan fingerprint density at radius 2 is 2.00 bits per heavy atom. The van der Waals surface area contributed by atoms with Gasteiger partial charge in [-0.15, -0.1) is 0 Å². The first-order valence-electron chi connectivity index (χ1n) is 9.11. The number of carbonyl (C=O) groups is 2. The second kappa shape index (κ2) is 7.48. The van der Waals surface area contributed by atoms with Gasteiger partial charge in [0.05, 0.1) is 0 Å². The highest BCUT2D eigenvalue weighted by Crippen LogP contribution is 2.38. The van der Waals surface area contributed by atoms with Crippen LogP contribution >= 0.6 is 11.6 Å². The Morgan fingerprint density at radius 1 is 1.24 bits per heavy atom. The molecule has 29 heavy (non-hydrogen) atoms. The minimum atomic E-state index is -2.76. The fraction of sp³-hybridized carbons (Fsp3) is 0.238. The highest BCUT2D eigenvalue weighted by atomic mass is 35.5. The molecule has 3 aromatic rings. The Balaban J connectivity index is 1.70. The number of H-pyrrole nitrogens is 1. The summed E-state index contributed by atoms with van der Waals surface area (Å²) in [6.07, 6.45) is 1.50. The van der Waals surface area contributed by atoms with Crippen LogP contribution in [0.15, 0.2) is 54.7 Å². The third kappa shape index (κ3) is 3.82. The molecule has 1 atom stereocenters. The molecule has 8 heteroatoms. The molecule has 1 heterocycles. The van der Waals surface area contributed by atoms with Gasteiger partial charge in [0.2, 0.25) is 12.3 Å². The summed E-state index contributed by atoms with van der Waals surface area (Å²) in [5.74, 6) is -3.32. The molecule has 1 aliphatic rings. The number of anilines is 1. The zero-order valence-electron chi connectivity index (χ0n) is 15.2. The lowest BCUT2D eigenvalue weighted by atomic mass is 9.87. The quantitative estimate of drug-likeness (QED) is 0.582. The van der Waals surface area contributed by atoms with E-state index in [1.807, 2.05) is 6.07 Å². The Morgan fingerprint density at radius 3 is 2.69 bits per heavy atom. The SMILES string of the molecule is O=CN(c1ccc2[nH]ccc2c1)C(C(=O)NC1CC(F)(F)C1)c1ccccc1Cl. The third-order valence-electron chi connectivity index (χ3n) is 5.11. The zero-order chi connectivity index (χ0) is 20.6. The van der Waals surface area contributed by atoms with Crippen LogP contribution in [0, 0.1) is 0 Å². The second-order valence-corrected chi connectivity index (χ2v) is 7.56. The van der Waals surface area contributed by atoms with Gasteiger partial charge in [-0.3, -0.25) is 14.5 Å². The molecule has 2 N–H and O–H groups in total. The van der Waals surface area contributed by atoms with Crippen molar-refractivity contribution < 1.29 is 18.4 Å². The number of nitrogens with one attached hydrogen (secondary N) is 2. The molecule has 0 aliphatic heterocycles. The van der Waals surface area contributed by atoms with Crippen LogP contribution in [0.5, 0.6) is 0 Å². The molecule has 1 saturated carbocycles. The molecule has 0 bridgehead atoms. The summed E-state index contributed by atoms with van der Waals surface area (Å²) in [7, 11) is 0. The van der Waals surface area contributed by atoms with Crippen molar-refractivity contribution in [2.45, 2.75) is 30.8 Å². The van der Waals surface area contributed by atoms with Gasteiger partial charge in [-0.05, 0) is 30.3 Å². The number of alkyl halides is 2. The molecule has 1 aliphatic carbocycles. The van der Waals surface area contributed by atoms with Crippen LogP contribution in [-0.4, -0.2) is 29.3 Å². The smallest absolute Gasteiger partial charge is 0.252 e. The van der Waals surface area contributed by atoms with Gasteiger partial charge in [-0.25, -0.2) is 8.78 Å². The van der Waals surface area contributed by atoms with Gasteiger partial charge in [-0.1, -0.05) is 29.8 Å². The van der Waals surface area contributed by atoms with Gasteiger partial charge in [0.25, 0.3) is 5.92 Å². The molecule has 150 valence electrons. The first-order chi connectivity index (χ1) is 13.9. The van der Waals surface area contributed by atoms with E-state index in [1.165, 1.54) is 4.90 Å². The minimum absolute atomic E-state index is 0.307. The van der Waals surface area contributed by atoms with Crippen LogP contribution in [-0.2, 0) is 9.59 Å². The van der Waals surface area contributed by atoms with Gasteiger partial charge in [0.1, 0.15) is 6.04 Å². The molecular weight excluding hydrogens is 400 g/mol. The Hall–Kier alpha value is -2.93. The predicted molar refractivity (Wildman–Crippen MR) is 107 cm³/mol. The van der Waals surface area contributed by atoms with Crippen LogP contribution in [0.25, 0.3) is 10.9 Å². The number of aromatic amines is 1. The van der Waals surface area contributed by atoms with E-state index in [4.69, 9.17) is 11.6 Å². The van der Waals surface area contributed by atoms with Crippen molar-refractivity contribution >= 4 is 40.5 Å². The van der Waals surface area contributed by atoms with Crippen molar-refractivity contribution in [1.29, 1.82) is 0 Å². The van der Waals surface area contributed by atoms with Crippen LogP contribution < -0.4 is 10.2 Å². The summed E-state index contributed by atoms with van der Waals surface area (Å²) >= 11 is 6.31. The van der Waals surface area contributed by atoms with Crippen LogP contribution in [0.1, 0.15) is 24.4 Å². The number of hydrogen-bond donors (Lipinski definition) is 2. The molecule has 5 nitrogen and oxygen atoms in total. The summed E-state index contributed by atoms with van der Waals surface area (Å²) in [6, 6.07) is 12.1. The first kappa shape index (κ1) is 19.4. The lowest BCUT2D eigenvalue weighted by molar-refractivity contribution is -0.131. The number of nitrogens with zero attached hydrogens (tertiary/aromatic N) is 1. The zero-order valence-corrected chi connectivity index (χ0v) is 16.0. The van der Waals surface area contributed by atoms with E-state index in [1.54, 1.807) is 48.7 Å². The molecule has 0 spiro atoms. The van der Waals surface area contributed by atoms with E-state index in [9.17, 15) is 18.4 Å². The summed E-state index contributed by atoms with van der Waals surface area (Å²) in [5, 5.41) is 3.80. The standard InChI is InChI=1S/C21H18ClF2N3O2/c22-17-4-2-1-3-16(17)19(20(29)26-14-10-21(23,24)11-14)27(12-28)15-5-6-18-13(9-15)7-8-25-18/h1-9,12,14,19,25H,10-11H2,(H,26,29). The fourth-order valence-electron chi connectivity index (χ4n) is 3.63. The van der Waals surface area contributed by atoms with Gasteiger partial charge < -0.3 is 10.3 Å². The number of rotatable bonds is 6. The minimum Gasteiger partial charge on any atom is -0.361 e. The van der Waals surface area contributed by atoms with Crippen molar-refractivity contribution in [3.8, 4) is 0 Å². The number of amides is 2. The molecule has 2 amide bonds. The number of halogens is 3. The fourth-order valence-corrected chi connectivity index (χ4v) is 3.87. The third-order valence-corrected chi connectivity index (χ3v) is 5.46. The highest BCUT2D eigenvalue weighted by molar-refractivity contribution is 6.31. The van der Waals surface area contributed by atoms with E-state index >= 15 is 0 Å². The lowest BCUT2D eigenvalue weighted by Crippen LogP contribution is -2.53. The maximum Gasteiger partial charge on any atom is 0.252 e. The summed E-state index contributed by atoms with van der Waals surface area (Å²) in [6.45, 7) is 0. The predicted octanol–water partition coefficient (Wildman–Crippen LogP) is 4.44. The summed E-state index contributed by atoms with van der Waals surface area (Å²) < 4.78 is 26.4. The topological polar surface area (TPSA) is 65.2 Å². The van der Waals surface area contributed by atoms with Gasteiger partial charge in [0, 0.05) is 52.3 Å². The van der Waals surface area contributed by atoms with E-state index in [-0.39, 0.29) is 0 Å². The van der Waals surface area contributed by atoms with E-state index in [0.29, 0.717) is 22.7 Å². The number of benzene rings is 2. The Bertz CT molecular complexity index is 1060. The molecule has 2 aromatic carbocycles. The number of fused-ring (bicyclic) bond motifs is 1. The van der Waals surface area contributed by atoms with Crippen molar-refractivity contribution in [2.24, 2.45) is 0 Å². The average Bonchev–Trinajstić information content (AvgIpc) is 3.13. The van der Waals surface area contributed by atoms with Gasteiger partial charge in [0.15, 0.2) is 0 Å². The van der Waals surface area contributed by atoms with Crippen LogP contribution in [0.4, 0.5) is 14.5 Å². The van der Waals surface area contributed by atoms with Crippen LogP contribution in [0.3, 0.4) is 0 Å². The van der Waals surface area contributed by atoms with E-state index in [0.717, 1.165) is 10.9 Å². The monoisotopic (exact) mass is 417 g/mol. The summed E-state index contributed by atoms with van der Waals surface area (Å²) in [4.78, 5) is 29.5. The highest BCUT2D eigenvalue weighted by Gasteiger charge is 2.47. The van der Waals surface area contributed by atoms with Gasteiger partial charge >= 0.3 is 0 Å². The summed E-state index contributed by atoms with van der Waals surface area (Å²) in [5.41, 5.74) is 1.79. The van der Waals surface area contributed by atoms with Crippen molar-refractivity contribution in [3.63, 3.8) is 0 Å². The molecule has 0 saturated heterocycles. The van der Waals surface area contributed by atoms with Crippen molar-refractivity contribution in [2.75, 3.05) is 4.90 Å². The molecule has 4 rings (SSSR count). The average molecular weight is 418 g/mol. The van der Waals surface area contributed by atoms with Crippen molar-refractivity contribution in [3.05, 3.63) is 65.3 Å². The first-order valence-corrected chi connectivity index (χ1v) is 9.49. The molecule has 1 fully saturated rings. The largest absolute Gasteiger partial charge is 0.361 e. The molecular formula is C21H18ClF2N3O2. The van der Waals surface area contributed by atoms with E-state index < -0.39 is 36.8 Å². The Labute approximate surface area is 170 Å². The molecule has 0 radical (unpaired) electrons. The van der Waals surface area contributed by atoms with E-state index in [2.05, 4.69) is 10.3 Å². The van der Waals surface area contributed by atoms with Crippen molar-refractivity contribution in [1.82, 2.24) is 10.3 Å². The normalized spacial score (nSPS) is 16.8. The number of aromatic nitrogens is 1. The molecule has 1 unspecified atom stereocenters.